The molecule has 1 radical (unpaired) electrons. The predicted molar refractivity (Wildman–Crippen MR) is 48.6 cm³/mol. The average molecular weight is 234 g/mol. The molecule has 0 atom stereocenters. The first-order chi connectivity index (χ1) is 7.40. The van der Waals surface area contributed by atoms with Crippen molar-refractivity contribution >= 4 is 11.8 Å². The number of nitrogens with one attached hydrogen (secondary N) is 1. The quantitative estimate of drug-likeness (QED) is 0.855. The third kappa shape index (κ3) is 4.07. The van der Waals surface area contributed by atoms with E-state index in [1.54, 1.807) is 0 Å². The fourth-order valence-corrected chi connectivity index (χ4v) is 0.894. The molecular formula is C9H7F3NO3. The van der Waals surface area contributed by atoms with Gasteiger partial charge in [0.25, 0.3) is 0 Å². The molecule has 0 bridgehead atoms. The van der Waals surface area contributed by atoms with E-state index < -0.39 is 12.5 Å². The Morgan fingerprint density at radius 3 is 2.25 bits per heavy atom. The second-order valence-electron chi connectivity index (χ2n) is 2.63. The molecule has 0 aliphatic carbocycles. The number of hydrogen-bond acceptors (Lipinski definition) is 3. The first-order valence-electron chi connectivity index (χ1n) is 3.99. The van der Waals surface area contributed by atoms with Gasteiger partial charge < -0.3 is 9.47 Å². The van der Waals surface area contributed by atoms with Crippen LogP contribution in [0.2, 0.25) is 0 Å². The van der Waals surface area contributed by atoms with Gasteiger partial charge in [0.15, 0.2) is 0 Å². The summed E-state index contributed by atoms with van der Waals surface area (Å²) in [6.45, 7) is 0. The maximum atomic E-state index is 11.8. The lowest BCUT2D eigenvalue weighted by Crippen LogP contribution is -2.17. The summed E-state index contributed by atoms with van der Waals surface area (Å²) in [7, 11) is 2.86. The van der Waals surface area contributed by atoms with Gasteiger partial charge in [-0.2, -0.15) is 0 Å². The highest BCUT2D eigenvalue weighted by atomic mass is 19.4. The molecule has 0 aliphatic heterocycles. The number of hydrogen-bond donors (Lipinski definition) is 1. The summed E-state index contributed by atoms with van der Waals surface area (Å²) in [6, 6.07) is 4.59. The van der Waals surface area contributed by atoms with Crippen molar-refractivity contribution in [3.8, 4) is 5.75 Å². The van der Waals surface area contributed by atoms with Crippen LogP contribution in [0.25, 0.3) is 0 Å². The SMILES string of the molecule is [CH2]OC(=O)Nc1ccc(OC(F)(F)F)cc1. The molecule has 0 unspecified atom stereocenters. The summed E-state index contributed by atoms with van der Waals surface area (Å²) < 4.78 is 43.0. The predicted octanol–water partition coefficient (Wildman–Crippen LogP) is 2.93. The lowest BCUT2D eigenvalue weighted by molar-refractivity contribution is -0.274. The normalized spacial score (nSPS) is 10.8. The number of rotatable bonds is 2. The van der Waals surface area contributed by atoms with Crippen molar-refractivity contribution in [2.75, 3.05) is 5.32 Å². The Morgan fingerprint density at radius 1 is 1.25 bits per heavy atom. The van der Waals surface area contributed by atoms with Gasteiger partial charge in [0.2, 0.25) is 0 Å². The number of carbonyl (C=O) groups is 1. The van der Waals surface area contributed by atoms with Gasteiger partial charge in [0.1, 0.15) is 12.9 Å². The molecule has 1 amide bonds. The van der Waals surface area contributed by atoms with Gasteiger partial charge in [0.05, 0.1) is 0 Å². The van der Waals surface area contributed by atoms with Gasteiger partial charge in [-0.1, -0.05) is 0 Å². The van der Waals surface area contributed by atoms with E-state index in [-0.39, 0.29) is 11.4 Å². The van der Waals surface area contributed by atoms with Crippen molar-refractivity contribution in [3.05, 3.63) is 31.4 Å². The number of halogens is 3. The number of amides is 1. The average Bonchev–Trinajstić information content (AvgIpc) is 2.18. The molecule has 0 aliphatic rings. The van der Waals surface area contributed by atoms with Crippen LogP contribution in [-0.2, 0) is 4.74 Å². The van der Waals surface area contributed by atoms with E-state index in [1.165, 1.54) is 12.1 Å². The van der Waals surface area contributed by atoms with Gasteiger partial charge in [-0.3, -0.25) is 5.32 Å². The molecule has 0 spiro atoms. The fraction of sp³-hybridized carbons (Fsp3) is 0.111. The van der Waals surface area contributed by atoms with Crippen LogP contribution in [0.5, 0.6) is 5.75 Å². The van der Waals surface area contributed by atoms with E-state index in [1.807, 2.05) is 0 Å². The molecule has 1 N–H and O–H groups in total. The van der Waals surface area contributed by atoms with Crippen LogP contribution in [0, 0.1) is 7.11 Å². The zero-order valence-corrected chi connectivity index (χ0v) is 7.88. The van der Waals surface area contributed by atoms with Crippen LogP contribution < -0.4 is 10.1 Å². The number of benzene rings is 1. The summed E-state index contributed by atoms with van der Waals surface area (Å²) >= 11 is 0. The molecule has 1 rings (SSSR count). The highest BCUT2D eigenvalue weighted by molar-refractivity contribution is 5.84. The lowest BCUT2D eigenvalue weighted by atomic mass is 10.3. The number of ether oxygens (including phenoxy) is 2. The summed E-state index contributed by atoms with van der Waals surface area (Å²) in [4.78, 5) is 10.7. The Hall–Kier alpha value is -1.92. The van der Waals surface area contributed by atoms with Crippen LogP contribution in [0.4, 0.5) is 23.7 Å². The Labute approximate surface area is 89.0 Å². The van der Waals surface area contributed by atoms with Gasteiger partial charge in [-0.25, -0.2) is 4.79 Å². The Bertz CT molecular complexity index is 361. The topological polar surface area (TPSA) is 47.6 Å². The van der Waals surface area contributed by atoms with Crippen molar-refractivity contribution in [2.45, 2.75) is 6.36 Å². The maximum Gasteiger partial charge on any atom is 0.573 e. The molecular weight excluding hydrogens is 227 g/mol. The molecule has 0 saturated heterocycles. The summed E-state index contributed by atoms with van der Waals surface area (Å²) in [5, 5.41) is 2.22. The van der Waals surface area contributed by atoms with Crippen LogP contribution >= 0.6 is 0 Å². The summed E-state index contributed by atoms with van der Waals surface area (Å²) in [5.74, 6) is -0.374. The lowest BCUT2D eigenvalue weighted by Gasteiger charge is -2.09. The number of carbonyl (C=O) groups excluding carboxylic acids is 1. The second-order valence-corrected chi connectivity index (χ2v) is 2.63. The van der Waals surface area contributed by atoms with Crippen molar-refractivity contribution in [1.82, 2.24) is 0 Å². The van der Waals surface area contributed by atoms with Crippen molar-refractivity contribution in [2.24, 2.45) is 0 Å². The molecule has 0 aromatic heterocycles. The summed E-state index contributed by atoms with van der Waals surface area (Å²) in [5.41, 5.74) is 0.267. The molecule has 1 aromatic carbocycles. The van der Waals surface area contributed by atoms with Gasteiger partial charge in [0, 0.05) is 5.69 Å². The van der Waals surface area contributed by atoms with E-state index >= 15 is 0 Å². The van der Waals surface area contributed by atoms with E-state index in [9.17, 15) is 18.0 Å². The van der Waals surface area contributed by atoms with Crippen molar-refractivity contribution < 1.29 is 27.4 Å². The fourth-order valence-electron chi connectivity index (χ4n) is 0.894. The third-order valence-electron chi connectivity index (χ3n) is 1.47. The number of anilines is 1. The molecule has 0 fully saturated rings. The molecule has 7 heteroatoms. The van der Waals surface area contributed by atoms with Crippen LogP contribution in [0.1, 0.15) is 0 Å². The Morgan fingerprint density at radius 2 is 1.81 bits per heavy atom. The minimum absolute atomic E-state index is 0.267. The van der Waals surface area contributed by atoms with E-state index in [2.05, 4.69) is 21.9 Å². The minimum Gasteiger partial charge on any atom is -0.446 e. The first kappa shape index (κ1) is 12.2. The molecule has 87 valence electrons. The van der Waals surface area contributed by atoms with Crippen molar-refractivity contribution in [3.63, 3.8) is 0 Å². The number of alkyl halides is 3. The molecule has 4 nitrogen and oxygen atoms in total. The molecule has 0 heterocycles. The summed E-state index contributed by atoms with van der Waals surface area (Å²) in [6.07, 6.45) is -5.55. The molecule has 0 saturated carbocycles. The van der Waals surface area contributed by atoms with Crippen molar-refractivity contribution in [1.29, 1.82) is 0 Å². The smallest absolute Gasteiger partial charge is 0.446 e. The first-order valence-corrected chi connectivity index (χ1v) is 3.99. The van der Waals surface area contributed by atoms with Crippen LogP contribution in [0.3, 0.4) is 0 Å². The zero-order valence-electron chi connectivity index (χ0n) is 7.88. The van der Waals surface area contributed by atoms with Gasteiger partial charge in [-0.05, 0) is 24.3 Å². The van der Waals surface area contributed by atoms with E-state index in [0.29, 0.717) is 0 Å². The zero-order chi connectivity index (χ0) is 12.2. The largest absolute Gasteiger partial charge is 0.573 e. The Balaban J connectivity index is 2.64. The minimum atomic E-state index is -4.73. The third-order valence-corrected chi connectivity index (χ3v) is 1.47. The van der Waals surface area contributed by atoms with Crippen LogP contribution in [-0.4, -0.2) is 12.5 Å². The maximum absolute atomic E-state index is 11.8. The second kappa shape index (κ2) is 4.73. The van der Waals surface area contributed by atoms with E-state index in [0.717, 1.165) is 12.1 Å². The molecule has 16 heavy (non-hydrogen) atoms. The van der Waals surface area contributed by atoms with Gasteiger partial charge in [-0.15, -0.1) is 13.2 Å². The van der Waals surface area contributed by atoms with Crippen LogP contribution in [0.15, 0.2) is 24.3 Å². The molecule has 1 aromatic rings. The monoisotopic (exact) mass is 234 g/mol. The Kier molecular flexibility index (Phi) is 3.60. The highest BCUT2D eigenvalue weighted by Crippen LogP contribution is 2.23. The van der Waals surface area contributed by atoms with Gasteiger partial charge >= 0.3 is 12.5 Å². The standard InChI is InChI=1S/C9H7F3NO3/c1-15-8(14)13-6-2-4-7(5-3-6)16-9(10,11)12/h2-5H,1H2,(H,13,14). The highest BCUT2D eigenvalue weighted by Gasteiger charge is 2.30. The van der Waals surface area contributed by atoms with E-state index in [4.69, 9.17) is 0 Å².